The van der Waals surface area contributed by atoms with Gasteiger partial charge in [-0.2, -0.15) is 4.98 Å². The van der Waals surface area contributed by atoms with Crippen LogP contribution in [0.5, 0.6) is 5.75 Å². The van der Waals surface area contributed by atoms with Gasteiger partial charge in [0.2, 0.25) is 11.7 Å². The second-order valence-electron chi connectivity index (χ2n) is 7.50. The lowest BCUT2D eigenvalue weighted by Crippen LogP contribution is -2.10. The largest absolute Gasteiger partial charge is 0.497 e. The van der Waals surface area contributed by atoms with Gasteiger partial charge in [-0.1, -0.05) is 24.3 Å². The maximum absolute atomic E-state index is 13.5. The van der Waals surface area contributed by atoms with Crippen LogP contribution in [0, 0.1) is 0 Å². The number of nitrogens with one attached hydrogen (secondary N) is 1. The zero-order chi connectivity index (χ0) is 22.8. The van der Waals surface area contributed by atoms with Crippen molar-refractivity contribution in [2.75, 3.05) is 12.4 Å². The van der Waals surface area contributed by atoms with Crippen molar-refractivity contribution >= 4 is 34.1 Å². The third-order valence-electron chi connectivity index (χ3n) is 5.33. The van der Waals surface area contributed by atoms with Crippen LogP contribution in [0.3, 0.4) is 0 Å². The number of benzene rings is 1. The standard InChI is InChI=1S/C25H21N5O2S/c1-30-15-19(17-7-3-8-18(12-17)32-2)21-22(23(31)20-9-5-11-33-20)28-25(29-24(21)30)27-14-16-6-4-10-26-13-16/h3-13,15H,14H2,1-2H3,(H,27,28,29). The Morgan fingerprint density at radius 2 is 2.06 bits per heavy atom. The Kier molecular flexibility index (Phi) is 5.58. The molecule has 0 aliphatic heterocycles. The molecule has 0 saturated carbocycles. The summed E-state index contributed by atoms with van der Waals surface area (Å²) in [7, 11) is 3.56. The molecule has 8 heteroatoms. The molecular formula is C25H21N5O2S. The summed E-state index contributed by atoms with van der Waals surface area (Å²) in [6.07, 6.45) is 5.49. The summed E-state index contributed by atoms with van der Waals surface area (Å²) in [5.74, 6) is 1.01. The van der Waals surface area contributed by atoms with E-state index in [1.54, 1.807) is 19.5 Å². The van der Waals surface area contributed by atoms with E-state index in [-0.39, 0.29) is 5.78 Å². The summed E-state index contributed by atoms with van der Waals surface area (Å²) < 4.78 is 7.33. The molecule has 4 aromatic heterocycles. The molecule has 33 heavy (non-hydrogen) atoms. The normalized spacial score (nSPS) is 11.0. The van der Waals surface area contributed by atoms with Crippen LogP contribution in [0.1, 0.15) is 20.9 Å². The Balaban J connectivity index is 1.66. The number of pyridine rings is 1. The molecule has 0 fully saturated rings. The van der Waals surface area contributed by atoms with Crippen LogP contribution in [0.15, 0.2) is 72.5 Å². The fraction of sp³-hybridized carbons (Fsp3) is 0.120. The minimum atomic E-state index is -0.128. The van der Waals surface area contributed by atoms with Gasteiger partial charge in [-0.3, -0.25) is 9.78 Å². The molecule has 4 heterocycles. The van der Waals surface area contributed by atoms with Gasteiger partial charge in [0.25, 0.3) is 0 Å². The molecule has 0 radical (unpaired) electrons. The Hall–Kier alpha value is -4.04. The molecule has 0 atom stereocenters. The number of rotatable bonds is 7. The average Bonchev–Trinajstić information content (AvgIpc) is 3.51. The lowest BCUT2D eigenvalue weighted by molar-refractivity contribution is 0.103. The summed E-state index contributed by atoms with van der Waals surface area (Å²) in [6.45, 7) is 0.499. The van der Waals surface area contributed by atoms with E-state index in [1.165, 1.54) is 11.3 Å². The number of methoxy groups -OCH3 is 1. The van der Waals surface area contributed by atoms with Crippen molar-refractivity contribution in [3.05, 3.63) is 88.6 Å². The lowest BCUT2D eigenvalue weighted by Gasteiger charge is -2.10. The summed E-state index contributed by atoms with van der Waals surface area (Å²) in [4.78, 5) is 27.7. The zero-order valence-electron chi connectivity index (χ0n) is 18.1. The van der Waals surface area contributed by atoms with Gasteiger partial charge in [-0.25, -0.2) is 4.98 Å². The van der Waals surface area contributed by atoms with Gasteiger partial charge in [-0.05, 0) is 40.8 Å². The first kappa shape index (κ1) is 20.8. The van der Waals surface area contributed by atoms with Gasteiger partial charge in [0.15, 0.2) is 0 Å². The summed E-state index contributed by atoms with van der Waals surface area (Å²) in [5, 5.41) is 5.85. The maximum Gasteiger partial charge on any atom is 0.225 e. The smallest absolute Gasteiger partial charge is 0.225 e. The van der Waals surface area contributed by atoms with E-state index in [0.29, 0.717) is 28.7 Å². The molecule has 5 aromatic rings. The van der Waals surface area contributed by atoms with Gasteiger partial charge >= 0.3 is 0 Å². The van der Waals surface area contributed by atoms with E-state index < -0.39 is 0 Å². The molecule has 0 amide bonds. The molecule has 0 bridgehead atoms. The van der Waals surface area contributed by atoms with E-state index in [4.69, 9.17) is 9.72 Å². The van der Waals surface area contributed by atoms with Crippen molar-refractivity contribution in [3.8, 4) is 16.9 Å². The highest BCUT2D eigenvalue weighted by atomic mass is 32.1. The Morgan fingerprint density at radius 3 is 2.82 bits per heavy atom. The zero-order valence-corrected chi connectivity index (χ0v) is 19.0. The minimum Gasteiger partial charge on any atom is -0.497 e. The number of ketones is 1. The fourth-order valence-corrected chi connectivity index (χ4v) is 4.40. The second kappa shape index (κ2) is 8.84. The molecule has 5 rings (SSSR count). The molecule has 7 nitrogen and oxygen atoms in total. The molecule has 0 aliphatic rings. The van der Waals surface area contributed by atoms with Gasteiger partial charge in [-0.15, -0.1) is 11.3 Å². The third-order valence-corrected chi connectivity index (χ3v) is 6.20. The predicted molar refractivity (Wildman–Crippen MR) is 130 cm³/mol. The average molecular weight is 456 g/mol. The number of aromatic nitrogens is 4. The first-order valence-corrected chi connectivity index (χ1v) is 11.2. The number of aryl methyl sites for hydroxylation is 1. The Labute approximate surface area is 194 Å². The molecule has 1 aromatic carbocycles. The van der Waals surface area contributed by atoms with Crippen LogP contribution in [-0.4, -0.2) is 32.4 Å². The number of ether oxygens (including phenoxy) is 1. The number of fused-ring (bicyclic) bond motifs is 1. The first-order chi connectivity index (χ1) is 16.1. The number of carbonyl (C=O) groups excluding carboxylic acids is 1. The van der Waals surface area contributed by atoms with Crippen LogP contribution < -0.4 is 10.1 Å². The molecule has 0 aliphatic carbocycles. The van der Waals surface area contributed by atoms with Crippen LogP contribution >= 0.6 is 11.3 Å². The van der Waals surface area contributed by atoms with E-state index in [2.05, 4.69) is 15.3 Å². The predicted octanol–water partition coefficient (Wildman–Crippen LogP) is 4.94. The number of anilines is 1. The van der Waals surface area contributed by atoms with Gasteiger partial charge < -0.3 is 14.6 Å². The lowest BCUT2D eigenvalue weighted by atomic mass is 10.0. The van der Waals surface area contributed by atoms with Crippen LogP contribution in [0.4, 0.5) is 5.95 Å². The van der Waals surface area contributed by atoms with Crippen molar-refractivity contribution in [1.29, 1.82) is 0 Å². The highest BCUT2D eigenvalue weighted by Gasteiger charge is 2.23. The minimum absolute atomic E-state index is 0.128. The van der Waals surface area contributed by atoms with E-state index in [0.717, 1.165) is 27.8 Å². The number of nitrogens with zero attached hydrogens (tertiary/aromatic N) is 4. The quantitative estimate of drug-likeness (QED) is 0.350. The maximum atomic E-state index is 13.5. The van der Waals surface area contributed by atoms with Crippen LogP contribution in [-0.2, 0) is 13.6 Å². The summed E-state index contributed by atoms with van der Waals surface area (Å²) in [5.41, 5.74) is 3.85. The molecule has 0 unspecified atom stereocenters. The van der Waals surface area contributed by atoms with Gasteiger partial charge in [0.05, 0.1) is 17.4 Å². The Morgan fingerprint density at radius 1 is 1.15 bits per heavy atom. The fourth-order valence-electron chi connectivity index (χ4n) is 3.73. The van der Waals surface area contributed by atoms with Gasteiger partial charge in [0.1, 0.15) is 17.1 Å². The van der Waals surface area contributed by atoms with E-state index in [9.17, 15) is 4.79 Å². The SMILES string of the molecule is COc1cccc(-c2cn(C)c3nc(NCc4cccnc4)nc(C(=O)c4cccs4)c23)c1. The Bertz CT molecular complexity index is 1430. The van der Waals surface area contributed by atoms with Crippen LogP contribution in [0.2, 0.25) is 0 Å². The van der Waals surface area contributed by atoms with Crippen LogP contribution in [0.25, 0.3) is 22.2 Å². The summed E-state index contributed by atoms with van der Waals surface area (Å²) >= 11 is 1.40. The summed E-state index contributed by atoms with van der Waals surface area (Å²) in [6, 6.07) is 15.3. The number of hydrogen-bond donors (Lipinski definition) is 1. The molecule has 0 saturated heterocycles. The van der Waals surface area contributed by atoms with Crippen molar-refractivity contribution in [1.82, 2.24) is 19.5 Å². The van der Waals surface area contributed by atoms with Crippen molar-refractivity contribution < 1.29 is 9.53 Å². The molecule has 1 N–H and O–H groups in total. The second-order valence-corrected chi connectivity index (χ2v) is 8.45. The van der Waals surface area contributed by atoms with Crippen molar-refractivity contribution in [3.63, 3.8) is 0 Å². The topological polar surface area (TPSA) is 81.9 Å². The highest BCUT2D eigenvalue weighted by molar-refractivity contribution is 7.12. The number of hydrogen-bond acceptors (Lipinski definition) is 7. The molecule has 0 spiro atoms. The van der Waals surface area contributed by atoms with Crippen molar-refractivity contribution in [2.45, 2.75) is 6.54 Å². The van der Waals surface area contributed by atoms with E-state index >= 15 is 0 Å². The molecular weight excluding hydrogens is 434 g/mol. The van der Waals surface area contributed by atoms with Crippen molar-refractivity contribution in [2.24, 2.45) is 7.05 Å². The van der Waals surface area contributed by atoms with Gasteiger partial charge in [0, 0.05) is 37.7 Å². The molecule has 164 valence electrons. The van der Waals surface area contributed by atoms with E-state index in [1.807, 2.05) is 71.7 Å². The highest BCUT2D eigenvalue weighted by Crippen LogP contribution is 2.35. The number of carbonyl (C=O) groups is 1. The first-order valence-electron chi connectivity index (χ1n) is 10.4. The monoisotopic (exact) mass is 455 g/mol. The number of thiophene rings is 1. The third kappa shape index (κ3) is 4.08.